The van der Waals surface area contributed by atoms with Gasteiger partial charge in [-0.2, -0.15) is 0 Å². The van der Waals surface area contributed by atoms with Gasteiger partial charge in [-0.3, -0.25) is 0 Å². The number of hydrogen-bond acceptors (Lipinski definition) is 4. The molecule has 1 atom stereocenters. The van der Waals surface area contributed by atoms with Crippen molar-refractivity contribution < 1.29 is 14.2 Å². The second-order valence-corrected chi connectivity index (χ2v) is 6.79. The molecule has 28 heavy (non-hydrogen) atoms. The highest BCUT2D eigenvalue weighted by Crippen LogP contribution is 2.37. The number of nitrogens with one attached hydrogen (secondary N) is 1. The van der Waals surface area contributed by atoms with E-state index in [0.29, 0.717) is 19.8 Å². The summed E-state index contributed by atoms with van der Waals surface area (Å²) in [6.45, 7) is 3.32. The first-order valence-corrected chi connectivity index (χ1v) is 9.69. The monoisotopic (exact) mass is 375 g/mol. The van der Waals surface area contributed by atoms with Crippen molar-refractivity contribution >= 4 is 0 Å². The molecule has 4 rings (SSSR count). The summed E-state index contributed by atoms with van der Waals surface area (Å²) in [7, 11) is 0. The molecule has 4 heteroatoms. The van der Waals surface area contributed by atoms with Gasteiger partial charge in [0.1, 0.15) is 13.2 Å². The largest absolute Gasteiger partial charge is 0.485 e. The van der Waals surface area contributed by atoms with Gasteiger partial charge in [-0.25, -0.2) is 0 Å². The molecule has 3 aromatic rings. The first kappa shape index (κ1) is 18.5. The lowest BCUT2D eigenvalue weighted by atomic mass is 10.1. The van der Waals surface area contributed by atoms with Gasteiger partial charge in [0.15, 0.2) is 11.5 Å². The molecule has 1 heterocycles. The summed E-state index contributed by atoms with van der Waals surface area (Å²) in [5, 5.41) is 3.39. The maximum atomic E-state index is 6.26. The molecule has 0 aromatic heterocycles. The van der Waals surface area contributed by atoms with Crippen LogP contribution in [0.2, 0.25) is 0 Å². The SMILES string of the molecule is c1ccc(COc2cccc(C3CNCCO3)c2OCc2ccccc2)cc1. The van der Waals surface area contributed by atoms with E-state index in [4.69, 9.17) is 14.2 Å². The van der Waals surface area contributed by atoms with E-state index in [-0.39, 0.29) is 6.10 Å². The number of ether oxygens (including phenoxy) is 3. The first-order chi connectivity index (χ1) is 13.9. The molecule has 1 aliphatic heterocycles. The molecular formula is C24H25NO3. The topological polar surface area (TPSA) is 39.7 Å². The van der Waals surface area contributed by atoms with Crippen LogP contribution in [0, 0.1) is 0 Å². The summed E-state index contributed by atoms with van der Waals surface area (Å²) in [4.78, 5) is 0. The highest BCUT2D eigenvalue weighted by molar-refractivity contribution is 5.48. The summed E-state index contributed by atoms with van der Waals surface area (Å²) in [5.41, 5.74) is 3.26. The van der Waals surface area contributed by atoms with Crippen LogP contribution in [0.3, 0.4) is 0 Å². The zero-order chi connectivity index (χ0) is 19.0. The minimum atomic E-state index is -0.0419. The van der Waals surface area contributed by atoms with Crippen LogP contribution in [0.5, 0.6) is 11.5 Å². The van der Waals surface area contributed by atoms with Crippen LogP contribution in [0.1, 0.15) is 22.8 Å². The predicted octanol–water partition coefficient (Wildman–Crippen LogP) is 4.51. The molecule has 144 valence electrons. The normalized spacial score (nSPS) is 16.5. The van der Waals surface area contributed by atoms with Crippen LogP contribution >= 0.6 is 0 Å². The van der Waals surface area contributed by atoms with Crippen LogP contribution < -0.4 is 14.8 Å². The van der Waals surface area contributed by atoms with E-state index >= 15 is 0 Å². The molecule has 0 saturated carbocycles. The van der Waals surface area contributed by atoms with Gasteiger partial charge in [-0.1, -0.05) is 72.8 Å². The Bertz CT molecular complexity index is 862. The van der Waals surface area contributed by atoms with Crippen LogP contribution in [0.4, 0.5) is 0 Å². The Morgan fingerprint density at radius 3 is 2.11 bits per heavy atom. The van der Waals surface area contributed by atoms with E-state index in [9.17, 15) is 0 Å². The van der Waals surface area contributed by atoms with Crippen molar-refractivity contribution in [2.45, 2.75) is 19.3 Å². The van der Waals surface area contributed by atoms with Gasteiger partial charge < -0.3 is 19.5 Å². The quantitative estimate of drug-likeness (QED) is 0.660. The Kier molecular flexibility index (Phi) is 6.22. The van der Waals surface area contributed by atoms with Crippen LogP contribution in [-0.2, 0) is 18.0 Å². The molecule has 4 nitrogen and oxygen atoms in total. The second-order valence-electron chi connectivity index (χ2n) is 6.79. The maximum absolute atomic E-state index is 6.26. The lowest BCUT2D eigenvalue weighted by molar-refractivity contribution is 0.0254. The van der Waals surface area contributed by atoms with Crippen LogP contribution in [-0.4, -0.2) is 19.7 Å². The van der Waals surface area contributed by atoms with Crippen LogP contribution in [0.15, 0.2) is 78.9 Å². The average Bonchev–Trinajstić information content (AvgIpc) is 2.78. The fraction of sp³-hybridized carbons (Fsp3) is 0.250. The van der Waals surface area contributed by atoms with Crippen molar-refractivity contribution in [3.63, 3.8) is 0 Å². The Balaban J connectivity index is 1.58. The Morgan fingerprint density at radius 1 is 0.786 bits per heavy atom. The summed E-state index contributed by atoms with van der Waals surface area (Å²) >= 11 is 0. The molecule has 0 aliphatic carbocycles. The maximum Gasteiger partial charge on any atom is 0.167 e. The molecule has 1 fully saturated rings. The minimum Gasteiger partial charge on any atom is -0.485 e. The van der Waals surface area contributed by atoms with Crippen molar-refractivity contribution in [1.82, 2.24) is 5.32 Å². The zero-order valence-electron chi connectivity index (χ0n) is 15.8. The van der Waals surface area contributed by atoms with E-state index in [1.807, 2.05) is 48.5 Å². The van der Waals surface area contributed by atoms with Crippen molar-refractivity contribution in [3.05, 3.63) is 95.6 Å². The summed E-state index contributed by atoms with van der Waals surface area (Å²) in [6.07, 6.45) is -0.0419. The fourth-order valence-electron chi connectivity index (χ4n) is 3.28. The van der Waals surface area contributed by atoms with Gasteiger partial charge >= 0.3 is 0 Å². The molecule has 0 bridgehead atoms. The third-order valence-corrected chi connectivity index (χ3v) is 4.75. The van der Waals surface area contributed by atoms with Gasteiger partial charge in [0.25, 0.3) is 0 Å². The van der Waals surface area contributed by atoms with Gasteiger partial charge in [-0.15, -0.1) is 0 Å². The Labute approximate surface area is 166 Å². The third kappa shape index (κ3) is 4.71. The van der Waals surface area contributed by atoms with Crippen LogP contribution in [0.25, 0.3) is 0 Å². The van der Waals surface area contributed by atoms with E-state index in [1.165, 1.54) is 0 Å². The van der Waals surface area contributed by atoms with Crippen molar-refractivity contribution in [3.8, 4) is 11.5 Å². The minimum absolute atomic E-state index is 0.0419. The molecular weight excluding hydrogens is 350 g/mol. The molecule has 1 unspecified atom stereocenters. The molecule has 1 aliphatic rings. The number of benzene rings is 3. The van der Waals surface area contributed by atoms with Gasteiger partial charge in [-0.05, 0) is 17.2 Å². The smallest absolute Gasteiger partial charge is 0.167 e. The lowest BCUT2D eigenvalue weighted by Crippen LogP contribution is -2.33. The fourth-order valence-corrected chi connectivity index (χ4v) is 3.28. The Morgan fingerprint density at radius 2 is 1.46 bits per heavy atom. The van der Waals surface area contributed by atoms with Gasteiger partial charge in [0.2, 0.25) is 0 Å². The number of morpholine rings is 1. The van der Waals surface area contributed by atoms with Crippen molar-refractivity contribution in [2.24, 2.45) is 0 Å². The summed E-state index contributed by atoms with van der Waals surface area (Å²) in [5.74, 6) is 1.50. The summed E-state index contributed by atoms with van der Waals surface area (Å²) in [6, 6.07) is 26.4. The van der Waals surface area contributed by atoms with Crippen molar-refractivity contribution in [1.29, 1.82) is 0 Å². The molecule has 1 saturated heterocycles. The summed E-state index contributed by atoms with van der Waals surface area (Å²) < 4.78 is 18.4. The third-order valence-electron chi connectivity index (χ3n) is 4.75. The van der Waals surface area contributed by atoms with Gasteiger partial charge in [0, 0.05) is 18.7 Å². The molecule has 1 N–H and O–H groups in total. The number of hydrogen-bond donors (Lipinski definition) is 1. The zero-order valence-corrected chi connectivity index (χ0v) is 15.8. The number of para-hydroxylation sites is 1. The van der Waals surface area contributed by atoms with Crippen molar-refractivity contribution in [2.75, 3.05) is 19.7 Å². The predicted molar refractivity (Wildman–Crippen MR) is 110 cm³/mol. The van der Waals surface area contributed by atoms with E-state index in [2.05, 4.69) is 35.6 Å². The highest BCUT2D eigenvalue weighted by Gasteiger charge is 2.22. The highest BCUT2D eigenvalue weighted by atomic mass is 16.5. The molecule has 0 amide bonds. The second kappa shape index (κ2) is 9.40. The van der Waals surface area contributed by atoms with E-state index in [0.717, 1.165) is 41.3 Å². The van der Waals surface area contributed by atoms with E-state index < -0.39 is 0 Å². The number of rotatable bonds is 7. The average molecular weight is 375 g/mol. The molecule has 0 spiro atoms. The lowest BCUT2D eigenvalue weighted by Gasteiger charge is -2.26. The molecule has 0 radical (unpaired) electrons. The Hall–Kier alpha value is -2.82. The first-order valence-electron chi connectivity index (χ1n) is 9.69. The van der Waals surface area contributed by atoms with E-state index in [1.54, 1.807) is 0 Å². The standard InChI is InChI=1S/C24H25NO3/c1-3-8-19(9-4-1)17-27-22-13-7-12-21(23-16-25-14-15-26-23)24(22)28-18-20-10-5-2-6-11-20/h1-13,23,25H,14-18H2. The molecule has 3 aromatic carbocycles. The van der Waals surface area contributed by atoms with Gasteiger partial charge in [0.05, 0.1) is 12.7 Å².